The van der Waals surface area contributed by atoms with Crippen LogP contribution in [0.2, 0.25) is 0 Å². The van der Waals surface area contributed by atoms with Crippen molar-refractivity contribution < 1.29 is 9.59 Å². The highest BCUT2D eigenvalue weighted by atomic mass is 32.2. The molecule has 0 N–H and O–H groups in total. The van der Waals surface area contributed by atoms with Crippen molar-refractivity contribution in [2.45, 2.75) is 30.4 Å². The molecule has 11 heteroatoms. The number of carbonyl (C=O) groups is 2. The molecule has 0 saturated carbocycles. The Morgan fingerprint density at radius 1 is 0.818 bits per heavy atom. The van der Waals surface area contributed by atoms with Gasteiger partial charge < -0.3 is 0 Å². The molecular formula is C22H24O2S9. The molecule has 0 fully saturated rings. The minimum atomic E-state index is 0.0464. The summed E-state index contributed by atoms with van der Waals surface area (Å²) in [6.07, 6.45) is 5.08. The van der Waals surface area contributed by atoms with Crippen LogP contribution in [0.15, 0.2) is 66.5 Å². The highest BCUT2D eigenvalue weighted by molar-refractivity contribution is 8.24. The van der Waals surface area contributed by atoms with Crippen molar-refractivity contribution in [2.24, 2.45) is 0 Å². The van der Waals surface area contributed by atoms with Gasteiger partial charge in [-0.05, 0) is 47.9 Å². The minimum absolute atomic E-state index is 0.0464. The molecule has 2 aliphatic heterocycles. The number of hydrogen-bond donors (Lipinski definition) is 0. The van der Waals surface area contributed by atoms with Crippen LogP contribution in [0, 0.1) is 0 Å². The molecule has 1 aromatic rings. The molecule has 0 radical (unpaired) electrons. The van der Waals surface area contributed by atoms with E-state index in [1.54, 1.807) is 0 Å². The van der Waals surface area contributed by atoms with Crippen LogP contribution in [0.4, 0.5) is 0 Å². The summed E-state index contributed by atoms with van der Waals surface area (Å²) in [5.41, 5.74) is 0. The Hall–Kier alpha value is 0.800. The van der Waals surface area contributed by atoms with Gasteiger partial charge in [-0.1, -0.05) is 36.7 Å². The lowest BCUT2D eigenvalue weighted by atomic mass is 10.6. The highest BCUT2D eigenvalue weighted by Crippen LogP contribution is 2.45. The third-order valence-corrected chi connectivity index (χ3v) is 15.4. The Labute approximate surface area is 234 Å². The van der Waals surface area contributed by atoms with Crippen LogP contribution in [-0.2, 0) is 9.59 Å². The predicted octanol–water partition coefficient (Wildman–Crippen LogP) is 8.90. The molecule has 178 valence electrons. The number of thiophene rings is 1. The molecule has 0 aliphatic carbocycles. The van der Waals surface area contributed by atoms with E-state index in [1.807, 2.05) is 81.9 Å². The summed E-state index contributed by atoms with van der Waals surface area (Å²) in [6.45, 7) is 7.04. The largest absolute Gasteiger partial charge is 0.282 e. The first-order valence-corrected chi connectivity index (χ1v) is 18.4. The van der Waals surface area contributed by atoms with Crippen LogP contribution in [0.1, 0.15) is 12.8 Å². The Morgan fingerprint density at radius 3 is 1.70 bits per heavy atom. The van der Waals surface area contributed by atoms with Gasteiger partial charge in [-0.3, -0.25) is 9.59 Å². The molecule has 2 unspecified atom stereocenters. The molecule has 3 heterocycles. The maximum atomic E-state index is 11.4. The molecule has 2 aliphatic rings. The molecule has 0 bridgehead atoms. The number of carbonyl (C=O) groups excluding carboxylic acids is 2. The first kappa shape index (κ1) is 28.4. The standard InChI is InChI=1S/C22H24O2S9/c1-3-17(23)27-11-15-13-29-21(31-15)7-9-25-19-5-6-20(33-19)26-10-8-22-30-14-16(32-22)12-28-18(24)4-2/h3-6,13-14,21-22H,1-2,7-12H2. The van der Waals surface area contributed by atoms with Crippen molar-refractivity contribution >= 4 is 116 Å². The molecule has 3 rings (SSSR count). The average Bonchev–Trinajstić information content (AvgIpc) is 3.58. The van der Waals surface area contributed by atoms with Crippen molar-refractivity contribution in [1.29, 1.82) is 0 Å². The van der Waals surface area contributed by atoms with Gasteiger partial charge in [0.2, 0.25) is 10.2 Å². The summed E-state index contributed by atoms with van der Waals surface area (Å²) in [4.78, 5) is 25.3. The molecule has 2 nitrogen and oxygen atoms in total. The summed E-state index contributed by atoms with van der Waals surface area (Å²) in [5, 5.41) is 4.51. The van der Waals surface area contributed by atoms with Crippen LogP contribution in [0.3, 0.4) is 0 Å². The van der Waals surface area contributed by atoms with E-state index in [1.165, 1.54) is 53.9 Å². The third kappa shape index (κ3) is 10.8. The summed E-state index contributed by atoms with van der Waals surface area (Å²) in [5.74, 6) is 3.76. The van der Waals surface area contributed by atoms with E-state index < -0.39 is 0 Å². The third-order valence-electron chi connectivity index (χ3n) is 4.07. The molecule has 0 spiro atoms. The summed E-state index contributed by atoms with van der Waals surface area (Å²) in [7, 11) is 0. The fourth-order valence-electron chi connectivity index (χ4n) is 2.51. The fraction of sp³-hybridized carbons (Fsp3) is 0.364. The highest BCUT2D eigenvalue weighted by Gasteiger charge is 2.20. The normalized spacial score (nSPS) is 19.9. The fourth-order valence-corrected chi connectivity index (χ4v) is 13.5. The second kappa shape index (κ2) is 15.8. The zero-order valence-electron chi connectivity index (χ0n) is 17.8. The van der Waals surface area contributed by atoms with Gasteiger partial charge in [-0.2, -0.15) is 0 Å². The van der Waals surface area contributed by atoms with Gasteiger partial charge in [-0.25, -0.2) is 0 Å². The van der Waals surface area contributed by atoms with Crippen molar-refractivity contribution in [2.75, 3.05) is 23.0 Å². The van der Waals surface area contributed by atoms with E-state index in [2.05, 4.69) is 36.1 Å². The van der Waals surface area contributed by atoms with E-state index in [-0.39, 0.29) is 10.2 Å². The van der Waals surface area contributed by atoms with Gasteiger partial charge in [0.15, 0.2) is 0 Å². The van der Waals surface area contributed by atoms with Crippen LogP contribution in [-0.4, -0.2) is 42.4 Å². The molecule has 33 heavy (non-hydrogen) atoms. The maximum absolute atomic E-state index is 11.4. The minimum Gasteiger partial charge on any atom is -0.282 e. The van der Waals surface area contributed by atoms with Gasteiger partial charge in [0.05, 0.1) is 17.6 Å². The van der Waals surface area contributed by atoms with Gasteiger partial charge in [0.1, 0.15) is 0 Å². The van der Waals surface area contributed by atoms with Crippen molar-refractivity contribution in [1.82, 2.24) is 0 Å². The summed E-state index contributed by atoms with van der Waals surface area (Å²) < 4.78 is 3.91. The second-order valence-corrected chi connectivity index (χ2v) is 17.7. The van der Waals surface area contributed by atoms with Crippen LogP contribution in [0.5, 0.6) is 0 Å². The topological polar surface area (TPSA) is 34.1 Å². The van der Waals surface area contributed by atoms with E-state index >= 15 is 0 Å². The van der Waals surface area contributed by atoms with Gasteiger partial charge in [-0.15, -0.1) is 81.9 Å². The number of hydrogen-bond acceptors (Lipinski definition) is 11. The predicted molar refractivity (Wildman–Crippen MR) is 164 cm³/mol. The molecule has 0 aromatic carbocycles. The smallest absolute Gasteiger partial charge is 0.211 e. The molecule has 0 saturated heterocycles. The lowest BCUT2D eigenvalue weighted by Gasteiger charge is -2.08. The van der Waals surface area contributed by atoms with Crippen molar-refractivity contribution in [3.63, 3.8) is 0 Å². The Bertz CT molecular complexity index is 835. The number of rotatable bonds is 14. The van der Waals surface area contributed by atoms with E-state index in [9.17, 15) is 9.59 Å². The van der Waals surface area contributed by atoms with E-state index in [0.717, 1.165) is 35.9 Å². The van der Waals surface area contributed by atoms with Crippen LogP contribution >= 0.6 is 105 Å². The maximum Gasteiger partial charge on any atom is 0.211 e. The van der Waals surface area contributed by atoms with Gasteiger partial charge in [0.25, 0.3) is 0 Å². The Morgan fingerprint density at radius 2 is 1.27 bits per heavy atom. The number of thioether (sulfide) groups is 8. The van der Waals surface area contributed by atoms with E-state index in [4.69, 9.17) is 0 Å². The summed E-state index contributed by atoms with van der Waals surface area (Å²) in [6, 6.07) is 4.50. The average molecular weight is 609 g/mol. The van der Waals surface area contributed by atoms with Gasteiger partial charge in [0, 0.05) is 32.8 Å². The SMILES string of the molecule is C=CC(=O)SCC1=CSC(CCSc2ccc(SCCC3SC=C(CSC(=O)C=C)S3)s2)S1. The lowest BCUT2D eigenvalue weighted by molar-refractivity contribution is -0.107. The molecule has 0 amide bonds. The first-order chi connectivity index (χ1) is 16.1. The second-order valence-electron chi connectivity index (χ2n) is 6.51. The van der Waals surface area contributed by atoms with Gasteiger partial charge >= 0.3 is 0 Å². The van der Waals surface area contributed by atoms with Crippen LogP contribution < -0.4 is 0 Å². The van der Waals surface area contributed by atoms with Crippen molar-refractivity contribution in [3.05, 3.63) is 58.1 Å². The quantitative estimate of drug-likeness (QED) is 0.151. The lowest BCUT2D eigenvalue weighted by Crippen LogP contribution is -1.95. The molecule has 2 atom stereocenters. The first-order valence-electron chi connectivity index (χ1n) is 10.0. The molecular weight excluding hydrogens is 585 g/mol. The Balaban J connectivity index is 1.25. The zero-order chi connectivity index (χ0) is 23.5. The van der Waals surface area contributed by atoms with E-state index in [0.29, 0.717) is 9.16 Å². The zero-order valence-corrected chi connectivity index (χ0v) is 25.1. The Kier molecular flexibility index (Phi) is 13.6. The summed E-state index contributed by atoms with van der Waals surface area (Å²) >= 11 is 16.0. The van der Waals surface area contributed by atoms with Crippen LogP contribution in [0.25, 0.3) is 0 Å². The van der Waals surface area contributed by atoms with Crippen molar-refractivity contribution in [3.8, 4) is 0 Å². The monoisotopic (exact) mass is 608 g/mol. The molecule has 1 aromatic heterocycles.